The van der Waals surface area contributed by atoms with Crippen LogP contribution >= 0.6 is 11.6 Å². The van der Waals surface area contributed by atoms with Gasteiger partial charge in [0.25, 0.3) is 0 Å². The van der Waals surface area contributed by atoms with Crippen LogP contribution in [0.3, 0.4) is 0 Å². The molecule has 5 nitrogen and oxygen atoms in total. The van der Waals surface area contributed by atoms with Gasteiger partial charge in [-0.2, -0.15) is 0 Å². The summed E-state index contributed by atoms with van der Waals surface area (Å²) in [6, 6.07) is 21.9. The standard InChI is InChI=1S/C23H23ClN2O3S/c1-17-11-13-22(14-12-17)30(28,29)25-16-23(20-9-6-10-21(24)15-20)26(27)18(2)19-7-4-3-5-8-19/h3-15,23,25H,16H2,1-2H3/b26-18-. The highest BCUT2D eigenvalue weighted by Crippen LogP contribution is 2.22. The van der Waals surface area contributed by atoms with Gasteiger partial charge in [0.15, 0.2) is 5.71 Å². The minimum atomic E-state index is -3.77. The van der Waals surface area contributed by atoms with Gasteiger partial charge in [-0.3, -0.25) is 0 Å². The smallest absolute Gasteiger partial charge is 0.240 e. The van der Waals surface area contributed by atoms with Crippen LogP contribution in [-0.4, -0.2) is 25.4 Å². The van der Waals surface area contributed by atoms with E-state index in [0.717, 1.165) is 15.9 Å². The van der Waals surface area contributed by atoms with Crippen molar-refractivity contribution in [1.82, 2.24) is 4.72 Å². The highest BCUT2D eigenvalue weighted by Gasteiger charge is 2.25. The molecule has 7 heteroatoms. The van der Waals surface area contributed by atoms with Gasteiger partial charge in [0.05, 0.1) is 11.4 Å². The lowest BCUT2D eigenvalue weighted by molar-refractivity contribution is -0.505. The molecule has 1 unspecified atom stereocenters. The molecule has 156 valence electrons. The van der Waals surface area contributed by atoms with Crippen LogP contribution in [-0.2, 0) is 10.0 Å². The van der Waals surface area contributed by atoms with Gasteiger partial charge < -0.3 is 5.21 Å². The van der Waals surface area contributed by atoms with E-state index in [9.17, 15) is 13.6 Å². The van der Waals surface area contributed by atoms with E-state index < -0.39 is 16.1 Å². The highest BCUT2D eigenvalue weighted by atomic mass is 35.5. The molecule has 0 aromatic heterocycles. The average Bonchev–Trinajstić information content (AvgIpc) is 2.74. The molecular formula is C23H23ClN2O3S. The van der Waals surface area contributed by atoms with Crippen LogP contribution in [0.1, 0.15) is 29.7 Å². The van der Waals surface area contributed by atoms with E-state index in [0.29, 0.717) is 16.3 Å². The number of aryl methyl sites for hydroxylation is 1. The zero-order chi connectivity index (χ0) is 21.7. The molecule has 1 atom stereocenters. The molecule has 0 spiro atoms. The summed E-state index contributed by atoms with van der Waals surface area (Å²) in [5, 5.41) is 13.7. The topological polar surface area (TPSA) is 72.2 Å². The van der Waals surface area contributed by atoms with Crippen molar-refractivity contribution < 1.29 is 13.2 Å². The number of halogens is 1. The fraction of sp³-hybridized carbons (Fsp3) is 0.174. The maximum Gasteiger partial charge on any atom is 0.240 e. The lowest BCUT2D eigenvalue weighted by Gasteiger charge is -2.20. The van der Waals surface area contributed by atoms with Crippen LogP contribution in [0.25, 0.3) is 0 Å². The predicted molar refractivity (Wildman–Crippen MR) is 120 cm³/mol. The summed E-state index contributed by atoms with van der Waals surface area (Å²) >= 11 is 6.12. The van der Waals surface area contributed by atoms with Crippen LogP contribution in [0.5, 0.6) is 0 Å². The van der Waals surface area contributed by atoms with Crippen molar-refractivity contribution in [2.45, 2.75) is 24.8 Å². The van der Waals surface area contributed by atoms with Crippen molar-refractivity contribution in [2.75, 3.05) is 6.54 Å². The lowest BCUT2D eigenvalue weighted by atomic mass is 10.1. The van der Waals surface area contributed by atoms with Crippen LogP contribution in [0, 0.1) is 12.1 Å². The second kappa shape index (κ2) is 9.43. The van der Waals surface area contributed by atoms with E-state index in [4.69, 9.17) is 11.6 Å². The molecule has 30 heavy (non-hydrogen) atoms. The summed E-state index contributed by atoms with van der Waals surface area (Å²) in [4.78, 5) is 0.152. The van der Waals surface area contributed by atoms with Crippen molar-refractivity contribution in [3.8, 4) is 0 Å². The molecular weight excluding hydrogens is 420 g/mol. The first-order valence-corrected chi connectivity index (χ1v) is 11.3. The quantitative estimate of drug-likeness (QED) is 0.250. The number of hydrogen-bond donors (Lipinski definition) is 1. The van der Waals surface area contributed by atoms with E-state index in [1.165, 1.54) is 0 Å². The normalized spacial score (nSPS) is 13.6. The zero-order valence-corrected chi connectivity index (χ0v) is 18.3. The fourth-order valence-electron chi connectivity index (χ4n) is 3.08. The first kappa shape index (κ1) is 22.0. The first-order valence-electron chi connectivity index (χ1n) is 9.45. The summed E-state index contributed by atoms with van der Waals surface area (Å²) in [7, 11) is -3.77. The Hall–Kier alpha value is -2.67. The van der Waals surface area contributed by atoms with Gasteiger partial charge in [-0.1, -0.05) is 59.6 Å². The van der Waals surface area contributed by atoms with E-state index in [2.05, 4.69) is 4.72 Å². The van der Waals surface area contributed by atoms with Crippen molar-refractivity contribution in [1.29, 1.82) is 0 Å². The van der Waals surface area contributed by atoms with Crippen LogP contribution in [0.4, 0.5) is 0 Å². The third kappa shape index (κ3) is 5.27. The monoisotopic (exact) mass is 442 g/mol. The maximum atomic E-state index is 13.3. The van der Waals surface area contributed by atoms with Gasteiger partial charge in [0, 0.05) is 23.1 Å². The summed E-state index contributed by atoms with van der Waals surface area (Å²) in [5.41, 5.74) is 2.83. The molecule has 3 aromatic carbocycles. The molecule has 0 amide bonds. The average molecular weight is 443 g/mol. The summed E-state index contributed by atoms with van der Waals surface area (Å²) < 4.78 is 28.9. The first-order chi connectivity index (χ1) is 14.3. The number of sulfonamides is 1. The van der Waals surface area contributed by atoms with Crippen LogP contribution in [0.15, 0.2) is 83.8 Å². The number of benzene rings is 3. The van der Waals surface area contributed by atoms with E-state index in [1.54, 1.807) is 55.5 Å². The fourth-order valence-corrected chi connectivity index (χ4v) is 4.32. The van der Waals surface area contributed by atoms with Crippen LogP contribution in [0.2, 0.25) is 5.02 Å². The minimum Gasteiger partial charge on any atom is -0.623 e. The minimum absolute atomic E-state index is 0.107. The molecule has 0 fully saturated rings. The van der Waals surface area contributed by atoms with Crippen molar-refractivity contribution in [3.05, 3.63) is 106 Å². The Kier molecular flexibility index (Phi) is 6.92. The maximum absolute atomic E-state index is 13.3. The molecule has 3 rings (SSSR count). The Morgan fingerprint density at radius 2 is 1.70 bits per heavy atom. The molecule has 0 heterocycles. The molecule has 0 aliphatic rings. The molecule has 0 aliphatic carbocycles. The van der Waals surface area contributed by atoms with Gasteiger partial charge in [-0.15, -0.1) is 0 Å². The Bertz CT molecular complexity index is 1140. The van der Waals surface area contributed by atoms with Crippen molar-refractivity contribution >= 4 is 27.3 Å². The SMILES string of the molecule is C/C(c1ccccc1)=[N+](/[O-])C(CNS(=O)(=O)c1ccc(C)cc1)c1cccc(Cl)c1. The van der Waals surface area contributed by atoms with Crippen LogP contribution < -0.4 is 4.72 Å². The second-order valence-electron chi connectivity index (χ2n) is 7.01. The lowest BCUT2D eigenvalue weighted by Crippen LogP contribution is -2.34. The van der Waals surface area contributed by atoms with Crippen molar-refractivity contribution in [3.63, 3.8) is 0 Å². The van der Waals surface area contributed by atoms with E-state index >= 15 is 0 Å². The second-order valence-corrected chi connectivity index (χ2v) is 9.22. The molecule has 3 aromatic rings. The number of nitrogens with zero attached hydrogens (tertiary/aromatic N) is 1. The zero-order valence-electron chi connectivity index (χ0n) is 16.7. The van der Waals surface area contributed by atoms with E-state index in [1.807, 2.05) is 37.3 Å². The third-order valence-electron chi connectivity index (χ3n) is 4.84. The molecule has 0 radical (unpaired) electrons. The van der Waals surface area contributed by atoms with Gasteiger partial charge in [0.2, 0.25) is 16.1 Å². The number of hydroxylamine groups is 1. The molecule has 0 bridgehead atoms. The van der Waals surface area contributed by atoms with Gasteiger partial charge in [-0.25, -0.2) is 17.9 Å². The molecule has 0 saturated heterocycles. The largest absolute Gasteiger partial charge is 0.623 e. The summed E-state index contributed by atoms with van der Waals surface area (Å²) in [6.45, 7) is 3.50. The Balaban J connectivity index is 1.95. The Morgan fingerprint density at radius 3 is 2.33 bits per heavy atom. The Labute approximate surface area is 182 Å². The molecule has 1 N–H and O–H groups in total. The number of hydrogen-bond acceptors (Lipinski definition) is 3. The Morgan fingerprint density at radius 1 is 1.03 bits per heavy atom. The van der Waals surface area contributed by atoms with E-state index in [-0.39, 0.29) is 11.4 Å². The molecule has 0 saturated carbocycles. The number of rotatable bonds is 7. The van der Waals surface area contributed by atoms with Gasteiger partial charge in [-0.05, 0) is 43.3 Å². The summed E-state index contributed by atoms with van der Waals surface area (Å²) in [6.07, 6.45) is 0. The number of nitrogens with one attached hydrogen (secondary N) is 1. The predicted octanol–water partition coefficient (Wildman–Crippen LogP) is 4.69. The van der Waals surface area contributed by atoms with Gasteiger partial charge in [0.1, 0.15) is 0 Å². The third-order valence-corrected chi connectivity index (χ3v) is 6.51. The summed E-state index contributed by atoms with van der Waals surface area (Å²) in [5.74, 6) is 0. The molecule has 0 aliphatic heterocycles. The van der Waals surface area contributed by atoms with Crippen molar-refractivity contribution in [2.24, 2.45) is 0 Å². The highest BCUT2D eigenvalue weighted by molar-refractivity contribution is 7.89. The van der Waals surface area contributed by atoms with Gasteiger partial charge >= 0.3 is 0 Å².